The van der Waals surface area contributed by atoms with E-state index < -0.39 is 4.92 Å². The van der Waals surface area contributed by atoms with Crippen molar-refractivity contribution in [1.82, 2.24) is 0 Å². The Kier molecular flexibility index (Phi) is 4.90. The van der Waals surface area contributed by atoms with Crippen molar-refractivity contribution in [3.05, 3.63) is 69.8 Å². The zero-order chi connectivity index (χ0) is 15.2. The van der Waals surface area contributed by atoms with Crippen molar-refractivity contribution in [2.24, 2.45) is 5.73 Å². The summed E-state index contributed by atoms with van der Waals surface area (Å²) in [5.41, 5.74) is 7.96. The molecule has 0 aromatic heterocycles. The van der Waals surface area contributed by atoms with Crippen LogP contribution in [0.1, 0.15) is 24.1 Å². The van der Waals surface area contributed by atoms with E-state index >= 15 is 0 Å². The van der Waals surface area contributed by atoms with Crippen molar-refractivity contribution in [3.8, 4) is 5.75 Å². The number of hydrogen-bond donors (Lipinski definition) is 1. The molecule has 2 aromatic carbocycles. The fourth-order valence-corrected chi connectivity index (χ4v) is 1.94. The highest BCUT2D eigenvalue weighted by Gasteiger charge is 2.04. The van der Waals surface area contributed by atoms with Crippen molar-refractivity contribution >= 4 is 5.69 Å². The molecule has 0 fully saturated rings. The number of nitrogens with two attached hydrogens (primary N) is 1. The lowest BCUT2D eigenvalue weighted by Gasteiger charge is -2.09. The van der Waals surface area contributed by atoms with Crippen LogP contribution in [0.15, 0.2) is 48.5 Å². The SMILES string of the molecule is CC(N)c1ccc(OCCc2ccc([N+](=O)[O-])cc2)cc1. The number of rotatable bonds is 6. The fourth-order valence-electron chi connectivity index (χ4n) is 1.94. The van der Waals surface area contributed by atoms with Crippen LogP contribution in [-0.4, -0.2) is 11.5 Å². The minimum absolute atomic E-state index is 0.0131. The van der Waals surface area contributed by atoms with Crippen LogP contribution in [0.25, 0.3) is 0 Å². The molecule has 5 nitrogen and oxygen atoms in total. The van der Waals surface area contributed by atoms with E-state index in [1.807, 2.05) is 31.2 Å². The van der Waals surface area contributed by atoms with Gasteiger partial charge in [-0.25, -0.2) is 0 Å². The summed E-state index contributed by atoms with van der Waals surface area (Å²) in [4.78, 5) is 10.2. The van der Waals surface area contributed by atoms with Gasteiger partial charge in [0, 0.05) is 24.6 Å². The summed E-state index contributed by atoms with van der Waals surface area (Å²) in [6, 6.07) is 14.2. The van der Waals surface area contributed by atoms with Crippen LogP contribution in [0.2, 0.25) is 0 Å². The fraction of sp³-hybridized carbons (Fsp3) is 0.250. The molecule has 5 heteroatoms. The topological polar surface area (TPSA) is 78.4 Å². The van der Waals surface area contributed by atoms with Crippen LogP contribution < -0.4 is 10.5 Å². The van der Waals surface area contributed by atoms with Crippen molar-refractivity contribution in [3.63, 3.8) is 0 Å². The number of hydrogen-bond acceptors (Lipinski definition) is 4. The maximum Gasteiger partial charge on any atom is 0.269 e. The highest BCUT2D eigenvalue weighted by Crippen LogP contribution is 2.17. The summed E-state index contributed by atoms with van der Waals surface area (Å²) in [6.07, 6.45) is 0.701. The molecule has 0 radical (unpaired) electrons. The third kappa shape index (κ3) is 4.29. The lowest BCUT2D eigenvalue weighted by molar-refractivity contribution is -0.384. The van der Waals surface area contributed by atoms with E-state index in [2.05, 4.69) is 0 Å². The molecular weight excluding hydrogens is 268 g/mol. The zero-order valence-corrected chi connectivity index (χ0v) is 11.9. The van der Waals surface area contributed by atoms with Crippen molar-refractivity contribution in [1.29, 1.82) is 0 Å². The number of nitro benzene ring substituents is 1. The second-order valence-electron chi connectivity index (χ2n) is 4.88. The molecular formula is C16H18N2O3. The van der Waals surface area contributed by atoms with Crippen LogP contribution in [0.4, 0.5) is 5.69 Å². The summed E-state index contributed by atoms with van der Waals surface area (Å²) in [5, 5.41) is 10.6. The predicted molar refractivity (Wildman–Crippen MR) is 81.3 cm³/mol. The van der Waals surface area contributed by atoms with Gasteiger partial charge in [-0.15, -0.1) is 0 Å². The summed E-state index contributed by atoms with van der Waals surface area (Å²) in [7, 11) is 0. The Hall–Kier alpha value is -2.40. The Labute approximate surface area is 123 Å². The third-order valence-corrected chi connectivity index (χ3v) is 3.21. The van der Waals surface area contributed by atoms with Gasteiger partial charge in [-0.05, 0) is 30.2 Å². The highest BCUT2D eigenvalue weighted by molar-refractivity contribution is 5.33. The summed E-state index contributed by atoms with van der Waals surface area (Å²) in [5.74, 6) is 0.793. The first-order valence-electron chi connectivity index (χ1n) is 6.78. The van der Waals surface area contributed by atoms with Gasteiger partial charge in [-0.1, -0.05) is 24.3 Å². The largest absolute Gasteiger partial charge is 0.493 e. The first-order chi connectivity index (χ1) is 10.1. The molecule has 0 heterocycles. The Bertz CT molecular complexity index is 592. The standard InChI is InChI=1S/C16H18N2O3/c1-12(17)14-4-8-16(9-5-14)21-11-10-13-2-6-15(7-3-13)18(19)20/h2-9,12H,10-11,17H2,1H3. The first kappa shape index (κ1) is 15.0. The van der Waals surface area contributed by atoms with Gasteiger partial charge in [0.2, 0.25) is 0 Å². The molecule has 2 aromatic rings. The Morgan fingerprint density at radius 1 is 1.14 bits per heavy atom. The second kappa shape index (κ2) is 6.85. The summed E-state index contributed by atoms with van der Waals surface area (Å²) >= 11 is 0. The van der Waals surface area contributed by atoms with E-state index in [4.69, 9.17) is 10.5 Å². The number of benzene rings is 2. The van der Waals surface area contributed by atoms with Gasteiger partial charge in [-0.2, -0.15) is 0 Å². The molecule has 2 rings (SSSR count). The van der Waals surface area contributed by atoms with Gasteiger partial charge in [0.15, 0.2) is 0 Å². The minimum Gasteiger partial charge on any atom is -0.493 e. The first-order valence-corrected chi connectivity index (χ1v) is 6.78. The van der Waals surface area contributed by atoms with Gasteiger partial charge in [0.05, 0.1) is 11.5 Å². The van der Waals surface area contributed by atoms with Gasteiger partial charge in [0.25, 0.3) is 5.69 Å². The van der Waals surface area contributed by atoms with Gasteiger partial charge in [-0.3, -0.25) is 10.1 Å². The lowest BCUT2D eigenvalue weighted by Crippen LogP contribution is -2.05. The molecule has 1 atom stereocenters. The molecule has 0 aliphatic carbocycles. The van der Waals surface area contributed by atoms with E-state index in [9.17, 15) is 10.1 Å². The molecule has 0 saturated heterocycles. The molecule has 1 unspecified atom stereocenters. The smallest absolute Gasteiger partial charge is 0.269 e. The minimum atomic E-state index is -0.403. The maximum atomic E-state index is 10.6. The van der Waals surface area contributed by atoms with E-state index in [0.29, 0.717) is 13.0 Å². The Morgan fingerprint density at radius 2 is 1.76 bits per heavy atom. The zero-order valence-electron chi connectivity index (χ0n) is 11.9. The Balaban J connectivity index is 1.85. The van der Waals surface area contributed by atoms with Crippen LogP contribution >= 0.6 is 0 Å². The predicted octanol–water partition coefficient (Wildman–Crippen LogP) is 3.24. The molecule has 0 aliphatic heterocycles. The Morgan fingerprint density at radius 3 is 2.29 bits per heavy atom. The molecule has 2 N–H and O–H groups in total. The van der Waals surface area contributed by atoms with Crippen molar-refractivity contribution < 1.29 is 9.66 Å². The molecule has 0 aliphatic rings. The molecule has 0 amide bonds. The molecule has 0 spiro atoms. The van der Waals surface area contributed by atoms with Crippen LogP contribution in [-0.2, 0) is 6.42 Å². The van der Waals surface area contributed by atoms with E-state index in [1.165, 1.54) is 12.1 Å². The summed E-state index contributed by atoms with van der Waals surface area (Å²) < 4.78 is 5.65. The van der Waals surface area contributed by atoms with Crippen LogP contribution in [0.3, 0.4) is 0 Å². The molecule has 110 valence electrons. The highest BCUT2D eigenvalue weighted by atomic mass is 16.6. The average Bonchev–Trinajstić information content (AvgIpc) is 2.48. The van der Waals surface area contributed by atoms with Crippen molar-refractivity contribution in [2.45, 2.75) is 19.4 Å². The average molecular weight is 286 g/mol. The van der Waals surface area contributed by atoms with E-state index in [1.54, 1.807) is 12.1 Å². The van der Waals surface area contributed by atoms with Crippen molar-refractivity contribution in [2.75, 3.05) is 6.61 Å². The monoisotopic (exact) mass is 286 g/mol. The van der Waals surface area contributed by atoms with Crippen LogP contribution in [0, 0.1) is 10.1 Å². The number of nitrogens with zero attached hydrogens (tertiary/aromatic N) is 1. The van der Waals surface area contributed by atoms with E-state index in [-0.39, 0.29) is 11.7 Å². The second-order valence-corrected chi connectivity index (χ2v) is 4.88. The third-order valence-electron chi connectivity index (χ3n) is 3.21. The van der Waals surface area contributed by atoms with Gasteiger partial charge in [0.1, 0.15) is 5.75 Å². The quantitative estimate of drug-likeness (QED) is 0.653. The molecule has 21 heavy (non-hydrogen) atoms. The number of non-ortho nitro benzene ring substituents is 1. The normalized spacial score (nSPS) is 11.9. The summed E-state index contributed by atoms with van der Waals surface area (Å²) in [6.45, 7) is 2.46. The van der Waals surface area contributed by atoms with Gasteiger partial charge < -0.3 is 10.5 Å². The maximum absolute atomic E-state index is 10.6. The number of nitro groups is 1. The molecule has 0 bridgehead atoms. The van der Waals surface area contributed by atoms with E-state index in [0.717, 1.165) is 16.9 Å². The number of ether oxygens (including phenoxy) is 1. The van der Waals surface area contributed by atoms with Gasteiger partial charge >= 0.3 is 0 Å². The van der Waals surface area contributed by atoms with Crippen LogP contribution in [0.5, 0.6) is 5.75 Å². The lowest BCUT2D eigenvalue weighted by atomic mass is 10.1. The molecule has 0 saturated carbocycles.